The largest absolute Gasteiger partial charge is 0.337 e. The SMILES string of the molecule is O=Cc1cc2c(Cl)ncnc2[nH]1. The van der Waals surface area contributed by atoms with Crippen LogP contribution in [0.5, 0.6) is 0 Å². The Labute approximate surface area is 72.6 Å². The molecule has 2 aromatic heterocycles. The van der Waals surface area contributed by atoms with Gasteiger partial charge in [-0.05, 0) is 6.07 Å². The van der Waals surface area contributed by atoms with E-state index in [1.54, 1.807) is 6.07 Å². The van der Waals surface area contributed by atoms with E-state index in [0.29, 0.717) is 28.2 Å². The Morgan fingerprint density at radius 2 is 2.33 bits per heavy atom. The smallest absolute Gasteiger partial charge is 0.166 e. The van der Waals surface area contributed by atoms with Crippen LogP contribution in [0, 0.1) is 0 Å². The van der Waals surface area contributed by atoms with Gasteiger partial charge in [-0.25, -0.2) is 9.97 Å². The minimum Gasteiger partial charge on any atom is -0.337 e. The highest BCUT2D eigenvalue weighted by atomic mass is 35.5. The van der Waals surface area contributed by atoms with Gasteiger partial charge >= 0.3 is 0 Å². The van der Waals surface area contributed by atoms with E-state index in [9.17, 15) is 4.79 Å². The number of nitrogens with one attached hydrogen (secondary N) is 1. The monoisotopic (exact) mass is 181 g/mol. The lowest BCUT2D eigenvalue weighted by atomic mass is 10.4. The number of rotatable bonds is 1. The van der Waals surface area contributed by atoms with Gasteiger partial charge in [0.15, 0.2) is 6.29 Å². The first-order valence-electron chi connectivity index (χ1n) is 3.25. The molecule has 4 nitrogen and oxygen atoms in total. The molecule has 12 heavy (non-hydrogen) atoms. The fourth-order valence-electron chi connectivity index (χ4n) is 0.993. The van der Waals surface area contributed by atoms with Gasteiger partial charge in [0, 0.05) is 0 Å². The Bertz CT molecular complexity index is 437. The number of aromatic nitrogens is 3. The lowest BCUT2D eigenvalue weighted by molar-refractivity contribution is 0.112. The summed E-state index contributed by atoms with van der Waals surface area (Å²) in [6, 6.07) is 1.62. The van der Waals surface area contributed by atoms with Crippen molar-refractivity contribution in [3.05, 3.63) is 23.2 Å². The number of aromatic amines is 1. The van der Waals surface area contributed by atoms with E-state index in [1.807, 2.05) is 0 Å². The first-order chi connectivity index (χ1) is 5.81. The molecular formula is C7H4ClN3O. The third-order valence-electron chi connectivity index (χ3n) is 1.52. The Hall–Kier alpha value is -1.42. The van der Waals surface area contributed by atoms with Gasteiger partial charge in [0.1, 0.15) is 17.1 Å². The summed E-state index contributed by atoms with van der Waals surface area (Å²) in [4.78, 5) is 20.8. The fraction of sp³-hybridized carbons (Fsp3) is 0. The molecule has 0 aliphatic heterocycles. The van der Waals surface area contributed by atoms with E-state index in [0.717, 1.165) is 0 Å². The van der Waals surface area contributed by atoms with E-state index in [4.69, 9.17) is 11.6 Å². The van der Waals surface area contributed by atoms with Gasteiger partial charge in [0.05, 0.1) is 11.1 Å². The van der Waals surface area contributed by atoms with Crippen LogP contribution in [0.25, 0.3) is 11.0 Å². The molecule has 0 aromatic carbocycles. The quantitative estimate of drug-likeness (QED) is 0.535. The summed E-state index contributed by atoms with van der Waals surface area (Å²) in [7, 11) is 0. The predicted molar refractivity (Wildman–Crippen MR) is 44.3 cm³/mol. The maximum absolute atomic E-state index is 10.4. The van der Waals surface area contributed by atoms with Crippen LogP contribution in [0.15, 0.2) is 12.4 Å². The average Bonchev–Trinajstić information content (AvgIpc) is 2.49. The fourth-order valence-corrected chi connectivity index (χ4v) is 1.18. The van der Waals surface area contributed by atoms with Crippen molar-refractivity contribution in [1.29, 1.82) is 0 Å². The molecule has 0 bridgehead atoms. The summed E-state index contributed by atoms with van der Waals surface area (Å²) in [5.74, 6) is 0. The lowest BCUT2D eigenvalue weighted by Crippen LogP contribution is -1.80. The third kappa shape index (κ3) is 0.967. The van der Waals surface area contributed by atoms with Crippen LogP contribution in [0.2, 0.25) is 5.15 Å². The Kier molecular flexibility index (Phi) is 1.55. The van der Waals surface area contributed by atoms with E-state index >= 15 is 0 Å². The van der Waals surface area contributed by atoms with E-state index in [-0.39, 0.29) is 0 Å². The maximum atomic E-state index is 10.4. The normalized spacial score (nSPS) is 10.4. The van der Waals surface area contributed by atoms with Gasteiger partial charge in [-0.1, -0.05) is 11.6 Å². The lowest BCUT2D eigenvalue weighted by Gasteiger charge is -1.88. The van der Waals surface area contributed by atoms with Gasteiger partial charge in [-0.15, -0.1) is 0 Å². The van der Waals surface area contributed by atoms with Crippen molar-refractivity contribution in [2.45, 2.75) is 0 Å². The van der Waals surface area contributed by atoms with Crippen molar-refractivity contribution >= 4 is 28.9 Å². The molecule has 0 saturated heterocycles. The second kappa shape index (κ2) is 2.57. The molecule has 0 atom stereocenters. The Morgan fingerprint density at radius 1 is 1.50 bits per heavy atom. The molecule has 2 heterocycles. The molecule has 0 radical (unpaired) electrons. The number of halogens is 1. The molecule has 0 aliphatic rings. The van der Waals surface area contributed by atoms with Crippen molar-refractivity contribution in [3.63, 3.8) is 0 Å². The summed E-state index contributed by atoms with van der Waals surface area (Å²) in [5, 5.41) is 1.02. The van der Waals surface area contributed by atoms with Crippen LogP contribution >= 0.6 is 11.6 Å². The molecule has 0 spiro atoms. The summed E-state index contributed by atoms with van der Waals surface area (Å²) < 4.78 is 0. The van der Waals surface area contributed by atoms with Gasteiger partial charge in [0.25, 0.3) is 0 Å². The Balaban J connectivity index is 2.82. The van der Waals surface area contributed by atoms with E-state index in [2.05, 4.69) is 15.0 Å². The first-order valence-corrected chi connectivity index (χ1v) is 3.63. The zero-order valence-corrected chi connectivity index (χ0v) is 6.67. The second-order valence-electron chi connectivity index (χ2n) is 2.27. The van der Waals surface area contributed by atoms with Crippen LogP contribution in [0.1, 0.15) is 10.5 Å². The molecule has 0 fully saturated rings. The zero-order valence-electron chi connectivity index (χ0n) is 5.91. The number of fused-ring (bicyclic) bond motifs is 1. The Morgan fingerprint density at radius 3 is 3.00 bits per heavy atom. The summed E-state index contributed by atoms with van der Waals surface area (Å²) in [5.41, 5.74) is 1.03. The van der Waals surface area contributed by atoms with Crippen LogP contribution in [-0.4, -0.2) is 21.2 Å². The summed E-state index contributed by atoms with van der Waals surface area (Å²) in [6.45, 7) is 0. The number of nitrogens with zero attached hydrogens (tertiary/aromatic N) is 2. The van der Waals surface area contributed by atoms with E-state index < -0.39 is 0 Å². The minimum atomic E-state index is 0.351. The maximum Gasteiger partial charge on any atom is 0.166 e. The van der Waals surface area contributed by atoms with Crippen LogP contribution < -0.4 is 0 Å². The molecule has 5 heteroatoms. The summed E-state index contributed by atoms with van der Waals surface area (Å²) >= 11 is 5.74. The van der Waals surface area contributed by atoms with Gasteiger partial charge in [-0.2, -0.15) is 0 Å². The molecule has 0 unspecified atom stereocenters. The standard InChI is InChI=1S/C7H4ClN3O/c8-6-5-1-4(2-12)11-7(5)10-3-9-6/h1-3H,(H,9,10,11). The molecule has 0 saturated carbocycles. The molecular weight excluding hydrogens is 178 g/mol. The number of hydrogen-bond acceptors (Lipinski definition) is 3. The molecule has 2 rings (SSSR count). The number of H-pyrrole nitrogens is 1. The third-order valence-corrected chi connectivity index (χ3v) is 1.83. The van der Waals surface area contributed by atoms with Gasteiger partial charge < -0.3 is 4.98 Å². The van der Waals surface area contributed by atoms with Gasteiger partial charge in [0.2, 0.25) is 0 Å². The summed E-state index contributed by atoms with van der Waals surface area (Å²) in [6.07, 6.45) is 2.05. The van der Waals surface area contributed by atoms with Crippen molar-refractivity contribution in [2.24, 2.45) is 0 Å². The van der Waals surface area contributed by atoms with Gasteiger partial charge in [-0.3, -0.25) is 4.79 Å². The van der Waals surface area contributed by atoms with Crippen molar-refractivity contribution in [2.75, 3.05) is 0 Å². The van der Waals surface area contributed by atoms with Crippen molar-refractivity contribution < 1.29 is 4.79 Å². The van der Waals surface area contributed by atoms with Crippen molar-refractivity contribution in [1.82, 2.24) is 15.0 Å². The minimum absolute atomic E-state index is 0.351. The molecule has 60 valence electrons. The number of carbonyl (C=O) groups is 1. The topological polar surface area (TPSA) is 58.6 Å². The van der Waals surface area contributed by atoms with Crippen LogP contribution in [-0.2, 0) is 0 Å². The number of carbonyl (C=O) groups excluding carboxylic acids is 1. The van der Waals surface area contributed by atoms with Crippen LogP contribution in [0.4, 0.5) is 0 Å². The molecule has 0 aliphatic carbocycles. The molecule has 0 amide bonds. The number of hydrogen-bond donors (Lipinski definition) is 1. The highest BCUT2D eigenvalue weighted by Gasteiger charge is 2.04. The average molecular weight is 182 g/mol. The molecule has 1 N–H and O–H groups in total. The number of aldehydes is 1. The van der Waals surface area contributed by atoms with Crippen molar-refractivity contribution in [3.8, 4) is 0 Å². The highest BCUT2D eigenvalue weighted by Crippen LogP contribution is 2.18. The second-order valence-corrected chi connectivity index (χ2v) is 2.63. The first kappa shape index (κ1) is 7.24. The molecule has 2 aromatic rings. The predicted octanol–water partition coefficient (Wildman–Crippen LogP) is 1.42. The van der Waals surface area contributed by atoms with Crippen LogP contribution in [0.3, 0.4) is 0 Å². The van der Waals surface area contributed by atoms with E-state index in [1.165, 1.54) is 6.33 Å². The zero-order chi connectivity index (χ0) is 8.55. The highest BCUT2D eigenvalue weighted by molar-refractivity contribution is 6.34.